The Bertz CT molecular complexity index is 1020. The molecule has 1 heterocycles. The molecule has 0 atom stereocenters. The average Bonchev–Trinajstić information content (AvgIpc) is 2.71. The first-order valence-corrected chi connectivity index (χ1v) is 10.6. The lowest BCUT2D eigenvalue weighted by Crippen LogP contribution is -2.39. The number of hydrazone groups is 1. The van der Waals surface area contributed by atoms with E-state index >= 15 is 0 Å². The molecule has 0 aromatic heterocycles. The van der Waals surface area contributed by atoms with Crippen LogP contribution in [-0.2, 0) is 14.8 Å². The molecule has 2 aromatic carbocycles. The molecule has 10 heteroatoms. The number of benzene rings is 2. The second-order valence-electron chi connectivity index (χ2n) is 6.14. The van der Waals surface area contributed by atoms with Crippen LogP contribution in [0.3, 0.4) is 0 Å². The Labute approximate surface area is 168 Å². The minimum absolute atomic E-state index is 0.314. The highest BCUT2D eigenvalue weighted by atomic mass is 32.2. The largest absolute Gasteiger partial charge is 0.497 e. The average molecular weight is 419 g/mol. The zero-order valence-corrected chi connectivity index (χ0v) is 16.8. The fraction of sp³-hybridized carbons (Fsp3) is 0.263. The fourth-order valence-electron chi connectivity index (χ4n) is 2.70. The molecule has 29 heavy (non-hydrogen) atoms. The Morgan fingerprint density at radius 3 is 2.76 bits per heavy atom. The van der Waals surface area contributed by atoms with Gasteiger partial charge in [-0.1, -0.05) is 12.1 Å². The maximum absolute atomic E-state index is 12.3. The number of hydrogen-bond donors (Lipinski definition) is 1. The first kappa shape index (κ1) is 20.5. The van der Waals surface area contributed by atoms with Crippen molar-refractivity contribution < 1.29 is 27.4 Å². The number of amides is 1. The van der Waals surface area contributed by atoms with E-state index in [-0.39, 0.29) is 0 Å². The molecular weight excluding hydrogens is 398 g/mol. The number of methoxy groups -OCH3 is 1. The van der Waals surface area contributed by atoms with Crippen molar-refractivity contribution in [3.05, 3.63) is 48.0 Å². The molecule has 154 valence electrons. The van der Waals surface area contributed by atoms with Crippen LogP contribution in [-0.4, -0.2) is 53.7 Å². The number of hydrogen-bond acceptors (Lipinski definition) is 7. The van der Waals surface area contributed by atoms with Crippen molar-refractivity contribution in [1.29, 1.82) is 0 Å². The van der Waals surface area contributed by atoms with Gasteiger partial charge in [0, 0.05) is 11.6 Å². The first-order valence-electron chi connectivity index (χ1n) is 8.71. The Kier molecular flexibility index (Phi) is 6.23. The second-order valence-corrected chi connectivity index (χ2v) is 8.04. The molecule has 0 saturated heterocycles. The van der Waals surface area contributed by atoms with E-state index in [1.807, 2.05) is 0 Å². The predicted octanol–water partition coefficient (Wildman–Crippen LogP) is 1.38. The smallest absolute Gasteiger partial charge is 0.260 e. The van der Waals surface area contributed by atoms with E-state index in [2.05, 4.69) is 10.5 Å². The number of nitrogens with zero attached hydrogens (tertiary/aromatic N) is 2. The van der Waals surface area contributed by atoms with Crippen LogP contribution in [0, 0.1) is 0 Å². The highest BCUT2D eigenvalue weighted by Crippen LogP contribution is 2.32. The summed E-state index contributed by atoms with van der Waals surface area (Å²) in [6.07, 6.45) is 2.44. The third-order valence-electron chi connectivity index (χ3n) is 4.02. The number of sulfonamides is 1. The van der Waals surface area contributed by atoms with Gasteiger partial charge in [0.15, 0.2) is 11.5 Å². The predicted molar refractivity (Wildman–Crippen MR) is 108 cm³/mol. The number of para-hydroxylation sites is 1. The Hall–Kier alpha value is -3.27. The molecule has 0 unspecified atom stereocenters. The van der Waals surface area contributed by atoms with E-state index in [1.165, 1.54) is 19.4 Å². The van der Waals surface area contributed by atoms with E-state index < -0.39 is 22.5 Å². The van der Waals surface area contributed by atoms with Crippen LogP contribution in [0.15, 0.2) is 47.6 Å². The van der Waals surface area contributed by atoms with Gasteiger partial charge in [-0.3, -0.25) is 9.10 Å². The van der Waals surface area contributed by atoms with Crippen molar-refractivity contribution in [3.63, 3.8) is 0 Å². The summed E-state index contributed by atoms with van der Waals surface area (Å²) in [6, 6.07) is 11.8. The van der Waals surface area contributed by atoms with Gasteiger partial charge in [-0.05, 0) is 24.3 Å². The van der Waals surface area contributed by atoms with Gasteiger partial charge in [-0.2, -0.15) is 5.10 Å². The highest BCUT2D eigenvalue weighted by Gasteiger charge is 2.21. The number of ether oxygens (including phenoxy) is 3. The molecule has 0 radical (unpaired) electrons. The number of carbonyl (C=O) groups is 1. The lowest BCUT2D eigenvalue weighted by atomic mass is 10.2. The molecule has 0 fully saturated rings. The van der Waals surface area contributed by atoms with Gasteiger partial charge < -0.3 is 14.2 Å². The Morgan fingerprint density at radius 2 is 2.00 bits per heavy atom. The number of nitrogens with one attached hydrogen (secondary N) is 1. The van der Waals surface area contributed by atoms with E-state index in [1.54, 1.807) is 36.4 Å². The van der Waals surface area contributed by atoms with Gasteiger partial charge >= 0.3 is 0 Å². The molecule has 1 aliphatic heterocycles. The van der Waals surface area contributed by atoms with Crippen LogP contribution in [0.2, 0.25) is 0 Å². The molecule has 0 saturated carbocycles. The highest BCUT2D eigenvalue weighted by molar-refractivity contribution is 7.92. The SMILES string of the molecule is COc1cccc(N(CC(=O)N/N=C\c2cccc3c2OCCO3)S(C)(=O)=O)c1. The molecule has 1 amide bonds. The monoisotopic (exact) mass is 419 g/mol. The van der Waals surface area contributed by atoms with E-state index in [9.17, 15) is 13.2 Å². The summed E-state index contributed by atoms with van der Waals surface area (Å²) in [6.45, 7) is 0.458. The zero-order valence-electron chi connectivity index (χ0n) is 16.0. The topological polar surface area (TPSA) is 107 Å². The molecule has 1 N–H and O–H groups in total. The standard InChI is InChI=1S/C19H21N3O6S/c1-26-16-7-4-6-15(11-16)22(29(2,24)25)13-18(23)21-20-12-14-5-3-8-17-19(14)28-10-9-27-17/h3-8,11-12H,9-10,13H2,1-2H3,(H,21,23)/b20-12-. The van der Waals surface area contributed by atoms with Gasteiger partial charge in [0.25, 0.3) is 5.91 Å². The molecule has 1 aliphatic rings. The summed E-state index contributed by atoms with van der Waals surface area (Å²) >= 11 is 0. The molecule has 0 bridgehead atoms. The summed E-state index contributed by atoms with van der Waals surface area (Å²) in [5.74, 6) is 1.03. The number of carbonyl (C=O) groups excluding carboxylic acids is 1. The van der Waals surface area contributed by atoms with Crippen LogP contribution >= 0.6 is 0 Å². The zero-order chi connectivity index (χ0) is 20.9. The van der Waals surface area contributed by atoms with Crippen LogP contribution in [0.1, 0.15) is 5.56 Å². The van der Waals surface area contributed by atoms with Crippen LogP contribution in [0.4, 0.5) is 5.69 Å². The third kappa shape index (κ3) is 5.17. The molecule has 9 nitrogen and oxygen atoms in total. The lowest BCUT2D eigenvalue weighted by Gasteiger charge is -2.21. The van der Waals surface area contributed by atoms with E-state index in [0.717, 1.165) is 10.6 Å². The van der Waals surface area contributed by atoms with Crippen molar-refractivity contribution in [2.24, 2.45) is 5.10 Å². The van der Waals surface area contributed by atoms with E-state index in [0.29, 0.717) is 41.7 Å². The minimum atomic E-state index is -3.70. The van der Waals surface area contributed by atoms with Crippen molar-refractivity contribution in [3.8, 4) is 17.2 Å². The Morgan fingerprint density at radius 1 is 1.24 bits per heavy atom. The Balaban J connectivity index is 1.70. The maximum atomic E-state index is 12.3. The summed E-state index contributed by atoms with van der Waals surface area (Å²) in [5.41, 5.74) is 3.28. The number of fused-ring (bicyclic) bond motifs is 1. The first-order chi connectivity index (χ1) is 13.9. The molecular formula is C19H21N3O6S. The second kappa shape index (κ2) is 8.82. The summed E-state index contributed by atoms with van der Waals surface area (Å²) in [7, 11) is -2.22. The van der Waals surface area contributed by atoms with Crippen molar-refractivity contribution in [2.75, 3.05) is 37.4 Å². The molecule has 2 aromatic rings. The molecule has 0 aliphatic carbocycles. The van der Waals surface area contributed by atoms with Crippen LogP contribution < -0.4 is 23.9 Å². The van der Waals surface area contributed by atoms with Gasteiger partial charge in [-0.25, -0.2) is 13.8 Å². The van der Waals surface area contributed by atoms with Gasteiger partial charge in [0.2, 0.25) is 10.0 Å². The summed E-state index contributed by atoms with van der Waals surface area (Å²) in [5, 5.41) is 3.91. The van der Waals surface area contributed by atoms with Crippen LogP contribution in [0.25, 0.3) is 0 Å². The number of rotatable bonds is 7. The minimum Gasteiger partial charge on any atom is -0.497 e. The third-order valence-corrected chi connectivity index (χ3v) is 5.16. The quantitative estimate of drug-likeness (QED) is 0.537. The van der Waals surface area contributed by atoms with Gasteiger partial charge in [-0.15, -0.1) is 0 Å². The summed E-state index contributed by atoms with van der Waals surface area (Å²) in [4.78, 5) is 12.3. The summed E-state index contributed by atoms with van der Waals surface area (Å²) < 4.78 is 41.5. The molecule has 3 rings (SSSR count). The number of anilines is 1. The van der Waals surface area contributed by atoms with Crippen molar-refractivity contribution >= 4 is 27.8 Å². The maximum Gasteiger partial charge on any atom is 0.260 e. The van der Waals surface area contributed by atoms with Gasteiger partial charge in [0.05, 0.1) is 25.3 Å². The van der Waals surface area contributed by atoms with Crippen molar-refractivity contribution in [2.45, 2.75) is 0 Å². The van der Waals surface area contributed by atoms with Crippen molar-refractivity contribution in [1.82, 2.24) is 5.43 Å². The normalized spacial score (nSPS) is 13.2. The van der Waals surface area contributed by atoms with Gasteiger partial charge in [0.1, 0.15) is 25.5 Å². The van der Waals surface area contributed by atoms with E-state index in [4.69, 9.17) is 14.2 Å². The van der Waals surface area contributed by atoms with Crippen LogP contribution in [0.5, 0.6) is 17.2 Å². The lowest BCUT2D eigenvalue weighted by molar-refractivity contribution is -0.119. The molecule has 0 spiro atoms. The fourth-order valence-corrected chi connectivity index (χ4v) is 3.55.